The quantitative estimate of drug-likeness (QED) is 0.780. The minimum Gasteiger partial charge on any atom is -0.451 e. The number of carbonyl (C=O) groups excluding carboxylic acids is 1. The number of halogens is 1. The first-order chi connectivity index (χ1) is 10.5. The summed E-state index contributed by atoms with van der Waals surface area (Å²) in [5.41, 5.74) is 2.55. The number of furan rings is 1. The van der Waals surface area contributed by atoms with Gasteiger partial charge in [-0.15, -0.1) is 0 Å². The van der Waals surface area contributed by atoms with Gasteiger partial charge in [0.1, 0.15) is 11.4 Å². The summed E-state index contributed by atoms with van der Waals surface area (Å²) in [5.74, 6) is -0.305. The smallest absolute Gasteiger partial charge is 0.287 e. The molecule has 0 bridgehead atoms. The van der Waals surface area contributed by atoms with Crippen LogP contribution in [0.3, 0.4) is 0 Å². The van der Waals surface area contributed by atoms with E-state index < -0.39 is 0 Å². The molecule has 112 valence electrons. The maximum atomic E-state index is 12.9. The zero-order valence-corrected chi connectivity index (χ0v) is 12.4. The molecule has 0 fully saturated rings. The average molecular weight is 297 g/mol. The third kappa shape index (κ3) is 2.72. The molecule has 0 saturated heterocycles. The van der Waals surface area contributed by atoms with E-state index in [1.807, 2.05) is 32.0 Å². The van der Waals surface area contributed by atoms with Gasteiger partial charge in [-0.05, 0) is 43.2 Å². The maximum Gasteiger partial charge on any atom is 0.287 e. The highest BCUT2D eigenvalue weighted by Crippen LogP contribution is 2.23. The van der Waals surface area contributed by atoms with Gasteiger partial charge < -0.3 is 9.73 Å². The minimum absolute atomic E-state index is 0.234. The molecule has 1 amide bonds. The number of benzene rings is 2. The number of nitrogens with one attached hydrogen (secondary N) is 1. The molecule has 1 atom stereocenters. The Bertz CT molecular complexity index is 821. The Morgan fingerprint density at radius 1 is 1.18 bits per heavy atom. The fourth-order valence-corrected chi connectivity index (χ4v) is 2.42. The molecule has 0 spiro atoms. The molecular formula is C18H16FNO2. The lowest BCUT2D eigenvalue weighted by Crippen LogP contribution is -2.26. The van der Waals surface area contributed by atoms with Crippen LogP contribution in [-0.2, 0) is 0 Å². The molecule has 0 aliphatic rings. The third-order valence-electron chi connectivity index (χ3n) is 3.68. The van der Waals surface area contributed by atoms with Crippen LogP contribution >= 0.6 is 0 Å². The summed E-state index contributed by atoms with van der Waals surface area (Å²) in [6, 6.07) is 13.3. The average Bonchev–Trinajstić information content (AvgIpc) is 2.93. The predicted molar refractivity (Wildman–Crippen MR) is 83.2 cm³/mol. The van der Waals surface area contributed by atoms with Crippen molar-refractivity contribution >= 4 is 16.9 Å². The Morgan fingerprint density at radius 2 is 1.91 bits per heavy atom. The van der Waals surface area contributed by atoms with Gasteiger partial charge in [0.05, 0.1) is 6.04 Å². The molecular weight excluding hydrogens is 281 g/mol. The largest absolute Gasteiger partial charge is 0.451 e. The second-order valence-electron chi connectivity index (χ2n) is 5.35. The van der Waals surface area contributed by atoms with E-state index in [0.29, 0.717) is 0 Å². The molecule has 2 aromatic carbocycles. The molecule has 22 heavy (non-hydrogen) atoms. The Balaban J connectivity index is 1.80. The number of amides is 1. The molecule has 1 aromatic heterocycles. The fourth-order valence-electron chi connectivity index (χ4n) is 2.42. The number of hydrogen-bond acceptors (Lipinski definition) is 2. The van der Waals surface area contributed by atoms with Crippen molar-refractivity contribution in [2.24, 2.45) is 0 Å². The highest BCUT2D eigenvalue weighted by atomic mass is 19.1. The highest BCUT2D eigenvalue weighted by Gasteiger charge is 2.16. The number of aryl methyl sites for hydroxylation is 1. The van der Waals surface area contributed by atoms with E-state index in [1.165, 1.54) is 12.1 Å². The second kappa shape index (κ2) is 5.64. The standard InChI is InChI=1S/C18H16FNO2/c1-11-4-3-5-14-10-16(22-17(11)14)18(21)20-12(2)13-6-8-15(19)9-7-13/h3-10,12H,1-2H3,(H,20,21)/t12-/m0/s1. The molecule has 0 radical (unpaired) electrons. The van der Waals surface area contributed by atoms with Crippen LogP contribution in [0.2, 0.25) is 0 Å². The molecule has 3 rings (SSSR count). The first kappa shape index (κ1) is 14.3. The Morgan fingerprint density at radius 3 is 2.59 bits per heavy atom. The zero-order valence-electron chi connectivity index (χ0n) is 12.4. The maximum absolute atomic E-state index is 12.9. The molecule has 0 unspecified atom stereocenters. The van der Waals surface area contributed by atoms with Gasteiger partial charge >= 0.3 is 0 Å². The van der Waals surface area contributed by atoms with E-state index in [4.69, 9.17) is 4.42 Å². The molecule has 3 nitrogen and oxygen atoms in total. The third-order valence-corrected chi connectivity index (χ3v) is 3.68. The van der Waals surface area contributed by atoms with Crippen LogP contribution in [0, 0.1) is 12.7 Å². The van der Waals surface area contributed by atoms with Crippen LogP contribution in [0.5, 0.6) is 0 Å². The lowest BCUT2D eigenvalue weighted by molar-refractivity contribution is 0.0914. The summed E-state index contributed by atoms with van der Waals surface area (Å²) >= 11 is 0. The van der Waals surface area contributed by atoms with Gasteiger partial charge in [0.25, 0.3) is 5.91 Å². The SMILES string of the molecule is Cc1cccc2cc(C(=O)N[C@@H](C)c3ccc(F)cc3)oc12. The monoisotopic (exact) mass is 297 g/mol. The normalized spacial score (nSPS) is 12.3. The molecule has 0 aliphatic carbocycles. The van der Waals surface area contributed by atoms with E-state index >= 15 is 0 Å². The second-order valence-corrected chi connectivity index (χ2v) is 5.35. The van der Waals surface area contributed by atoms with Crippen LogP contribution in [0.25, 0.3) is 11.0 Å². The van der Waals surface area contributed by atoms with Gasteiger partial charge in [-0.1, -0.05) is 30.3 Å². The fraction of sp³-hybridized carbons (Fsp3) is 0.167. The first-order valence-electron chi connectivity index (χ1n) is 7.10. The van der Waals surface area contributed by atoms with Gasteiger partial charge in [0, 0.05) is 5.39 Å². The zero-order chi connectivity index (χ0) is 15.7. The molecule has 0 saturated carbocycles. The summed E-state index contributed by atoms with van der Waals surface area (Å²) in [6.45, 7) is 3.79. The van der Waals surface area contributed by atoms with Crippen molar-refractivity contribution in [2.75, 3.05) is 0 Å². The molecule has 4 heteroatoms. The van der Waals surface area contributed by atoms with Crippen LogP contribution in [0.15, 0.2) is 52.9 Å². The van der Waals surface area contributed by atoms with Crippen molar-refractivity contribution < 1.29 is 13.6 Å². The van der Waals surface area contributed by atoms with Crippen molar-refractivity contribution in [3.8, 4) is 0 Å². The lowest BCUT2D eigenvalue weighted by atomic mass is 10.1. The summed E-state index contributed by atoms with van der Waals surface area (Å²) in [7, 11) is 0. The topological polar surface area (TPSA) is 42.2 Å². The molecule has 1 heterocycles. The molecule has 3 aromatic rings. The van der Waals surface area contributed by atoms with Crippen LogP contribution in [0.4, 0.5) is 4.39 Å². The van der Waals surface area contributed by atoms with Crippen molar-refractivity contribution in [2.45, 2.75) is 19.9 Å². The van der Waals surface area contributed by atoms with E-state index in [2.05, 4.69) is 5.32 Å². The van der Waals surface area contributed by atoms with Gasteiger partial charge in [0.15, 0.2) is 5.76 Å². The summed E-state index contributed by atoms with van der Waals surface area (Å²) in [6.07, 6.45) is 0. The lowest BCUT2D eigenvalue weighted by Gasteiger charge is -2.13. The van der Waals surface area contributed by atoms with Crippen molar-refractivity contribution in [3.05, 3.63) is 71.2 Å². The van der Waals surface area contributed by atoms with E-state index in [9.17, 15) is 9.18 Å². The number of para-hydroxylation sites is 1. The van der Waals surface area contributed by atoms with Crippen molar-refractivity contribution in [1.29, 1.82) is 0 Å². The van der Waals surface area contributed by atoms with Gasteiger partial charge in [-0.2, -0.15) is 0 Å². The van der Waals surface area contributed by atoms with Gasteiger partial charge in [0.2, 0.25) is 0 Å². The van der Waals surface area contributed by atoms with E-state index in [-0.39, 0.29) is 23.5 Å². The Hall–Kier alpha value is -2.62. The van der Waals surface area contributed by atoms with Gasteiger partial charge in [-0.25, -0.2) is 4.39 Å². The van der Waals surface area contributed by atoms with Crippen LogP contribution in [0.1, 0.15) is 34.6 Å². The molecule has 1 N–H and O–H groups in total. The summed E-state index contributed by atoms with van der Waals surface area (Å²) in [4.78, 5) is 12.3. The number of hydrogen-bond donors (Lipinski definition) is 1. The van der Waals surface area contributed by atoms with Crippen LogP contribution in [-0.4, -0.2) is 5.91 Å². The number of fused-ring (bicyclic) bond motifs is 1. The Labute approximate surface area is 127 Å². The first-order valence-corrected chi connectivity index (χ1v) is 7.10. The highest BCUT2D eigenvalue weighted by molar-refractivity contribution is 5.96. The minimum atomic E-state index is -0.296. The molecule has 0 aliphatic heterocycles. The van der Waals surface area contributed by atoms with Crippen molar-refractivity contribution in [3.63, 3.8) is 0 Å². The van der Waals surface area contributed by atoms with E-state index in [1.54, 1.807) is 18.2 Å². The predicted octanol–water partition coefficient (Wildman–Crippen LogP) is 4.37. The Kier molecular flexibility index (Phi) is 3.67. The van der Waals surface area contributed by atoms with Crippen LogP contribution < -0.4 is 5.32 Å². The van der Waals surface area contributed by atoms with E-state index in [0.717, 1.165) is 22.1 Å². The number of rotatable bonds is 3. The summed E-state index contributed by atoms with van der Waals surface area (Å²) in [5, 5.41) is 3.76. The van der Waals surface area contributed by atoms with Gasteiger partial charge in [-0.3, -0.25) is 4.79 Å². The number of carbonyl (C=O) groups is 1. The summed E-state index contributed by atoms with van der Waals surface area (Å²) < 4.78 is 18.6. The van der Waals surface area contributed by atoms with Crippen molar-refractivity contribution in [1.82, 2.24) is 5.32 Å².